The smallest absolute Gasteiger partial charge is 0.326 e. The van der Waals surface area contributed by atoms with Gasteiger partial charge in [-0.2, -0.15) is 0 Å². The predicted molar refractivity (Wildman–Crippen MR) is 112 cm³/mol. The van der Waals surface area contributed by atoms with Crippen molar-refractivity contribution in [2.75, 3.05) is 6.54 Å². The number of carbonyl (C=O) groups is 1. The van der Waals surface area contributed by atoms with Gasteiger partial charge in [0.1, 0.15) is 11.4 Å². The summed E-state index contributed by atoms with van der Waals surface area (Å²) < 4.78 is 1.67. The fraction of sp³-hybridized carbons (Fsp3) is 0.316. The molecule has 2 N–H and O–H groups in total. The Labute approximate surface area is 180 Å². The topological polar surface area (TPSA) is 117 Å². The molecule has 1 fully saturated rings. The van der Waals surface area contributed by atoms with Crippen molar-refractivity contribution in [1.29, 1.82) is 0 Å². The van der Waals surface area contributed by atoms with Gasteiger partial charge >= 0.3 is 5.69 Å². The van der Waals surface area contributed by atoms with E-state index in [1.807, 2.05) is 0 Å². The number of carbonyl (C=O) groups excluding carboxylic acids is 1. The van der Waals surface area contributed by atoms with Crippen LogP contribution in [0.15, 0.2) is 40.1 Å². The van der Waals surface area contributed by atoms with Crippen LogP contribution in [0.4, 0.5) is 0 Å². The van der Waals surface area contributed by atoms with Crippen LogP contribution in [-0.4, -0.2) is 48.4 Å². The minimum Gasteiger partial charge on any atom is -0.334 e. The molecule has 30 heavy (non-hydrogen) atoms. The van der Waals surface area contributed by atoms with Crippen molar-refractivity contribution in [1.82, 2.24) is 29.9 Å². The van der Waals surface area contributed by atoms with Crippen molar-refractivity contribution in [3.8, 4) is 11.3 Å². The summed E-state index contributed by atoms with van der Waals surface area (Å²) in [5.41, 5.74) is -0.116. The number of hydrogen-bond acceptors (Lipinski definition) is 5. The van der Waals surface area contributed by atoms with Crippen LogP contribution in [0.3, 0.4) is 0 Å². The average Bonchev–Trinajstić information content (AvgIpc) is 3.43. The average molecular weight is 449 g/mol. The van der Waals surface area contributed by atoms with Crippen molar-refractivity contribution < 1.29 is 4.79 Å². The van der Waals surface area contributed by atoms with Gasteiger partial charge in [-0.1, -0.05) is 34.5 Å². The molecule has 2 aromatic heterocycles. The van der Waals surface area contributed by atoms with E-state index < -0.39 is 11.2 Å². The third-order valence-electron chi connectivity index (χ3n) is 4.78. The Balaban J connectivity index is 1.43. The first-order valence-corrected chi connectivity index (χ1v) is 10.2. The maximum atomic E-state index is 12.8. The second kappa shape index (κ2) is 8.45. The van der Waals surface area contributed by atoms with Crippen LogP contribution in [0.25, 0.3) is 11.3 Å². The standard InChI is InChI=1S/C19H18Cl2N6O3/c20-12-3-1-4-13(21)17(12)15-10-26(25-24-15)7-2-8-27(11-5-6-11)18(29)14-9-16(28)23-19(30)22-14/h1,3-4,9-11H,2,5-8H2,(H2,22,23,28,30). The summed E-state index contributed by atoms with van der Waals surface area (Å²) in [5.74, 6) is -0.358. The van der Waals surface area contributed by atoms with E-state index in [4.69, 9.17) is 23.2 Å². The molecule has 1 aliphatic rings. The number of H-pyrrole nitrogens is 2. The Hall–Kier alpha value is -2.91. The minimum atomic E-state index is -0.699. The molecule has 156 valence electrons. The SMILES string of the molecule is O=C(c1cc(=O)[nH]c(=O)[nH]1)N(CCCn1cc(-c2c(Cl)cccc2Cl)nn1)C1CC1. The molecule has 2 heterocycles. The van der Waals surface area contributed by atoms with Gasteiger partial charge in [0.15, 0.2) is 0 Å². The molecule has 3 aromatic rings. The minimum absolute atomic E-state index is 0.00736. The lowest BCUT2D eigenvalue weighted by Crippen LogP contribution is -2.37. The number of halogens is 2. The highest BCUT2D eigenvalue weighted by atomic mass is 35.5. The van der Waals surface area contributed by atoms with E-state index in [0.29, 0.717) is 40.8 Å². The van der Waals surface area contributed by atoms with Gasteiger partial charge in [0.2, 0.25) is 0 Å². The Kier molecular flexibility index (Phi) is 5.74. The van der Waals surface area contributed by atoms with E-state index in [2.05, 4.69) is 20.3 Å². The molecular formula is C19H18Cl2N6O3. The molecule has 11 heteroatoms. The molecule has 0 atom stereocenters. The number of nitrogens with one attached hydrogen (secondary N) is 2. The summed E-state index contributed by atoms with van der Waals surface area (Å²) in [6.07, 6.45) is 4.18. The van der Waals surface area contributed by atoms with Crippen LogP contribution >= 0.6 is 23.2 Å². The number of hydrogen-bond donors (Lipinski definition) is 2. The Bertz CT molecular complexity index is 1150. The summed E-state index contributed by atoms with van der Waals surface area (Å²) in [4.78, 5) is 41.9. The first-order valence-electron chi connectivity index (χ1n) is 9.41. The number of rotatable bonds is 7. The normalized spacial score (nSPS) is 13.4. The summed E-state index contributed by atoms with van der Waals surface area (Å²) in [6.45, 7) is 0.984. The lowest BCUT2D eigenvalue weighted by molar-refractivity contribution is 0.0731. The number of aromatic nitrogens is 5. The lowest BCUT2D eigenvalue weighted by Gasteiger charge is -2.22. The zero-order valence-electron chi connectivity index (χ0n) is 15.8. The highest BCUT2D eigenvalue weighted by molar-refractivity contribution is 6.39. The van der Waals surface area contributed by atoms with Crippen LogP contribution in [0, 0.1) is 0 Å². The first kappa shape index (κ1) is 20.4. The predicted octanol–water partition coefficient (Wildman–Crippen LogP) is 2.32. The fourth-order valence-corrected chi connectivity index (χ4v) is 3.83. The van der Waals surface area contributed by atoms with Gasteiger partial charge < -0.3 is 9.88 Å². The largest absolute Gasteiger partial charge is 0.334 e. The van der Waals surface area contributed by atoms with Gasteiger partial charge in [-0.25, -0.2) is 4.79 Å². The van der Waals surface area contributed by atoms with Gasteiger partial charge in [0.05, 0.1) is 16.2 Å². The molecule has 0 unspecified atom stereocenters. The molecule has 0 bridgehead atoms. The first-order chi connectivity index (χ1) is 14.4. The molecule has 1 aliphatic carbocycles. The van der Waals surface area contributed by atoms with Crippen molar-refractivity contribution in [2.45, 2.75) is 31.8 Å². The number of benzene rings is 1. The van der Waals surface area contributed by atoms with Crippen molar-refractivity contribution in [3.05, 3.63) is 67.0 Å². The second-order valence-electron chi connectivity index (χ2n) is 7.05. The molecule has 9 nitrogen and oxygen atoms in total. The lowest BCUT2D eigenvalue weighted by atomic mass is 10.2. The van der Waals surface area contributed by atoms with Crippen LogP contribution in [0.1, 0.15) is 29.8 Å². The zero-order chi connectivity index (χ0) is 21.3. The molecule has 0 radical (unpaired) electrons. The van der Waals surface area contributed by atoms with Gasteiger partial charge in [-0.15, -0.1) is 5.10 Å². The maximum absolute atomic E-state index is 12.8. The van der Waals surface area contributed by atoms with E-state index in [1.165, 1.54) is 0 Å². The molecule has 1 saturated carbocycles. The third kappa shape index (κ3) is 4.47. The Morgan fingerprint density at radius 2 is 1.93 bits per heavy atom. The van der Waals surface area contributed by atoms with E-state index in [1.54, 1.807) is 34.0 Å². The monoisotopic (exact) mass is 448 g/mol. The van der Waals surface area contributed by atoms with E-state index in [-0.39, 0.29) is 17.6 Å². The molecule has 0 spiro atoms. The van der Waals surface area contributed by atoms with Gasteiger partial charge in [-0.05, 0) is 31.4 Å². The third-order valence-corrected chi connectivity index (χ3v) is 5.41. The number of aromatic amines is 2. The number of nitrogens with zero attached hydrogens (tertiary/aromatic N) is 4. The van der Waals surface area contributed by atoms with Crippen LogP contribution in [0.5, 0.6) is 0 Å². The van der Waals surface area contributed by atoms with E-state index in [0.717, 1.165) is 18.9 Å². The van der Waals surface area contributed by atoms with Crippen molar-refractivity contribution >= 4 is 29.1 Å². The quantitative estimate of drug-likeness (QED) is 0.574. The van der Waals surface area contributed by atoms with E-state index >= 15 is 0 Å². The number of amides is 1. The van der Waals surface area contributed by atoms with Gasteiger partial charge in [0, 0.05) is 30.8 Å². The molecule has 0 saturated heterocycles. The summed E-state index contributed by atoms with van der Waals surface area (Å²) in [5, 5.41) is 9.24. The summed E-state index contributed by atoms with van der Waals surface area (Å²) in [7, 11) is 0. The fourth-order valence-electron chi connectivity index (χ4n) is 3.24. The molecule has 0 aliphatic heterocycles. The molecular weight excluding hydrogens is 431 g/mol. The molecule has 4 rings (SSSR count). The van der Waals surface area contributed by atoms with Crippen molar-refractivity contribution in [2.24, 2.45) is 0 Å². The number of aryl methyl sites for hydroxylation is 1. The van der Waals surface area contributed by atoms with Crippen LogP contribution in [0.2, 0.25) is 10.0 Å². The zero-order valence-corrected chi connectivity index (χ0v) is 17.3. The maximum Gasteiger partial charge on any atom is 0.326 e. The highest BCUT2D eigenvalue weighted by Crippen LogP contribution is 2.33. The van der Waals surface area contributed by atoms with E-state index in [9.17, 15) is 14.4 Å². The summed E-state index contributed by atoms with van der Waals surface area (Å²) in [6, 6.07) is 6.46. The molecule has 1 aromatic carbocycles. The van der Waals surface area contributed by atoms with Crippen LogP contribution < -0.4 is 11.2 Å². The van der Waals surface area contributed by atoms with Gasteiger partial charge in [0.25, 0.3) is 11.5 Å². The summed E-state index contributed by atoms with van der Waals surface area (Å²) >= 11 is 12.4. The highest BCUT2D eigenvalue weighted by Gasteiger charge is 2.33. The molecule has 1 amide bonds. The van der Waals surface area contributed by atoms with Crippen LogP contribution in [-0.2, 0) is 6.54 Å². The van der Waals surface area contributed by atoms with Gasteiger partial charge in [-0.3, -0.25) is 19.3 Å². The Morgan fingerprint density at radius 3 is 2.60 bits per heavy atom. The van der Waals surface area contributed by atoms with Crippen molar-refractivity contribution in [3.63, 3.8) is 0 Å². The Morgan fingerprint density at radius 1 is 1.20 bits per heavy atom. The second-order valence-corrected chi connectivity index (χ2v) is 7.86.